The van der Waals surface area contributed by atoms with E-state index in [-0.39, 0.29) is 0 Å². The summed E-state index contributed by atoms with van der Waals surface area (Å²) in [6.45, 7) is 1.71. The molecule has 0 fully saturated rings. The predicted molar refractivity (Wildman–Crippen MR) is 46.6 cm³/mol. The van der Waals surface area contributed by atoms with Gasteiger partial charge in [0.05, 0.1) is 7.11 Å². The van der Waals surface area contributed by atoms with Crippen molar-refractivity contribution in [3.63, 3.8) is 0 Å². The third-order valence-corrected chi connectivity index (χ3v) is 1.57. The highest BCUT2D eigenvalue weighted by Crippen LogP contribution is 2.12. The largest absolute Gasteiger partial charge is 0.481 e. The van der Waals surface area contributed by atoms with Crippen molar-refractivity contribution in [2.45, 2.75) is 6.92 Å². The third-order valence-electron chi connectivity index (χ3n) is 1.57. The van der Waals surface area contributed by atoms with Crippen molar-refractivity contribution in [3.8, 4) is 17.5 Å². The first-order valence-electron chi connectivity index (χ1n) is 3.97. The second-order valence-electron chi connectivity index (χ2n) is 2.56. The molecule has 2 aromatic rings. The van der Waals surface area contributed by atoms with Gasteiger partial charge in [0.2, 0.25) is 23.4 Å². The Bertz CT molecular complexity index is 440. The highest BCUT2D eigenvalue weighted by atomic mass is 16.5. The van der Waals surface area contributed by atoms with Crippen molar-refractivity contribution in [2.24, 2.45) is 0 Å². The minimum absolute atomic E-state index is 0.362. The maximum atomic E-state index is 4.95. The number of aromatic nitrogens is 4. The summed E-state index contributed by atoms with van der Waals surface area (Å²) in [7, 11) is 1.54. The molecule has 0 atom stereocenters. The lowest BCUT2D eigenvalue weighted by Gasteiger charge is -1.97. The minimum atomic E-state index is 0.362. The first-order valence-corrected chi connectivity index (χ1v) is 3.97. The summed E-state index contributed by atoms with van der Waals surface area (Å²) < 4.78 is 9.76. The number of aryl methyl sites for hydroxylation is 1. The first-order chi connectivity index (χ1) is 6.79. The second kappa shape index (κ2) is 3.41. The van der Waals surface area contributed by atoms with E-state index in [0.29, 0.717) is 23.4 Å². The molecule has 2 heterocycles. The molecule has 0 radical (unpaired) electrons. The van der Waals surface area contributed by atoms with Gasteiger partial charge in [0.25, 0.3) is 0 Å². The summed E-state index contributed by atoms with van der Waals surface area (Å²) in [4.78, 5) is 12.0. The molecule has 0 unspecified atom stereocenters. The van der Waals surface area contributed by atoms with Gasteiger partial charge >= 0.3 is 0 Å². The van der Waals surface area contributed by atoms with E-state index < -0.39 is 0 Å². The van der Waals surface area contributed by atoms with Gasteiger partial charge in [0.1, 0.15) is 0 Å². The number of methoxy groups -OCH3 is 1. The average Bonchev–Trinajstić information content (AvgIpc) is 2.65. The quantitative estimate of drug-likeness (QED) is 0.702. The Balaban J connectivity index is 2.41. The molecule has 0 amide bonds. The average molecular weight is 192 g/mol. The van der Waals surface area contributed by atoms with Crippen LogP contribution in [0.1, 0.15) is 5.89 Å². The Kier molecular flexibility index (Phi) is 2.10. The second-order valence-corrected chi connectivity index (χ2v) is 2.56. The Hall–Kier alpha value is -1.98. The van der Waals surface area contributed by atoms with Crippen LogP contribution >= 0.6 is 0 Å². The van der Waals surface area contributed by atoms with Crippen LogP contribution in [0.3, 0.4) is 0 Å². The molecule has 0 saturated carbocycles. The lowest BCUT2D eigenvalue weighted by molar-refractivity contribution is 0.391. The Morgan fingerprint density at radius 3 is 2.79 bits per heavy atom. The molecule has 14 heavy (non-hydrogen) atoms. The molecule has 72 valence electrons. The van der Waals surface area contributed by atoms with Crippen LogP contribution in [0.15, 0.2) is 16.8 Å². The van der Waals surface area contributed by atoms with E-state index in [1.54, 1.807) is 19.2 Å². The Morgan fingerprint density at radius 2 is 2.14 bits per heavy atom. The van der Waals surface area contributed by atoms with Crippen LogP contribution in [0.2, 0.25) is 0 Å². The topological polar surface area (TPSA) is 73.9 Å². The molecule has 0 spiro atoms. The maximum Gasteiger partial charge on any atom is 0.240 e. The van der Waals surface area contributed by atoms with Gasteiger partial charge in [-0.15, -0.1) is 0 Å². The highest BCUT2D eigenvalue weighted by Gasteiger charge is 2.09. The summed E-state index contributed by atoms with van der Waals surface area (Å²) in [6.07, 6.45) is 1.58. The van der Waals surface area contributed by atoms with Gasteiger partial charge < -0.3 is 9.26 Å². The van der Waals surface area contributed by atoms with Crippen molar-refractivity contribution in [2.75, 3.05) is 7.11 Å². The van der Waals surface area contributed by atoms with Gasteiger partial charge in [-0.05, 0) is 0 Å². The van der Waals surface area contributed by atoms with E-state index in [9.17, 15) is 0 Å². The van der Waals surface area contributed by atoms with Gasteiger partial charge in [0, 0.05) is 19.2 Å². The van der Waals surface area contributed by atoms with Crippen molar-refractivity contribution in [1.29, 1.82) is 0 Å². The van der Waals surface area contributed by atoms with Crippen LogP contribution in [0.4, 0.5) is 0 Å². The van der Waals surface area contributed by atoms with Gasteiger partial charge in [-0.3, -0.25) is 0 Å². The lowest BCUT2D eigenvalue weighted by atomic mass is 10.5. The molecule has 0 aliphatic carbocycles. The number of rotatable bonds is 2. The summed E-state index contributed by atoms with van der Waals surface area (Å²) in [6, 6.07) is 1.65. The van der Waals surface area contributed by atoms with Crippen LogP contribution < -0.4 is 4.74 Å². The Morgan fingerprint density at radius 1 is 1.29 bits per heavy atom. The van der Waals surface area contributed by atoms with Crippen LogP contribution in [0.25, 0.3) is 11.6 Å². The minimum Gasteiger partial charge on any atom is -0.481 e. The molecule has 0 aromatic carbocycles. The zero-order valence-corrected chi connectivity index (χ0v) is 7.76. The van der Waals surface area contributed by atoms with E-state index in [1.165, 1.54) is 7.11 Å². The van der Waals surface area contributed by atoms with E-state index in [0.717, 1.165) is 0 Å². The molecule has 2 aromatic heterocycles. The predicted octanol–water partition coefficient (Wildman–Crippen LogP) is 0.844. The molecule has 0 aliphatic rings. The number of hydrogen-bond acceptors (Lipinski definition) is 6. The summed E-state index contributed by atoms with van der Waals surface area (Å²) in [5.74, 6) is 1.70. The fraction of sp³-hybridized carbons (Fsp3) is 0.250. The third kappa shape index (κ3) is 1.54. The highest BCUT2D eigenvalue weighted by molar-refractivity contribution is 5.42. The maximum absolute atomic E-state index is 4.95. The van der Waals surface area contributed by atoms with E-state index >= 15 is 0 Å². The standard InChI is InChI=1S/C8H8N4O2/c1-5-10-8(12-14-5)7-9-4-3-6(11-7)13-2/h3-4H,1-2H3. The molecule has 0 saturated heterocycles. The molecule has 2 rings (SSSR count). The van der Waals surface area contributed by atoms with Crippen LogP contribution in [-0.4, -0.2) is 27.2 Å². The van der Waals surface area contributed by atoms with Crippen molar-refractivity contribution in [3.05, 3.63) is 18.2 Å². The summed E-state index contributed by atoms with van der Waals surface area (Å²) in [5.41, 5.74) is 0. The van der Waals surface area contributed by atoms with Gasteiger partial charge in [-0.25, -0.2) is 4.98 Å². The summed E-state index contributed by atoms with van der Waals surface area (Å²) >= 11 is 0. The molecular formula is C8H8N4O2. The van der Waals surface area contributed by atoms with Crippen LogP contribution in [-0.2, 0) is 0 Å². The van der Waals surface area contributed by atoms with E-state index in [1.807, 2.05) is 0 Å². The van der Waals surface area contributed by atoms with Crippen molar-refractivity contribution < 1.29 is 9.26 Å². The SMILES string of the molecule is COc1ccnc(-c2noc(C)n2)n1. The van der Waals surface area contributed by atoms with Gasteiger partial charge in [-0.2, -0.15) is 9.97 Å². The molecule has 0 bridgehead atoms. The van der Waals surface area contributed by atoms with Crippen molar-refractivity contribution >= 4 is 0 Å². The fourth-order valence-electron chi connectivity index (χ4n) is 0.954. The van der Waals surface area contributed by atoms with Gasteiger partial charge in [-0.1, -0.05) is 5.16 Å². The molecule has 6 heteroatoms. The number of nitrogens with zero attached hydrogens (tertiary/aromatic N) is 4. The summed E-state index contributed by atoms with van der Waals surface area (Å²) in [5, 5.41) is 3.69. The smallest absolute Gasteiger partial charge is 0.240 e. The van der Waals surface area contributed by atoms with Crippen molar-refractivity contribution in [1.82, 2.24) is 20.1 Å². The Labute approximate surface area is 80.0 Å². The molecule has 0 aliphatic heterocycles. The zero-order chi connectivity index (χ0) is 9.97. The van der Waals surface area contributed by atoms with E-state index in [4.69, 9.17) is 9.26 Å². The van der Waals surface area contributed by atoms with Gasteiger partial charge in [0.15, 0.2) is 0 Å². The van der Waals surface area contributed by atoms with E-state index in [2.05, 4.69) is 20.1 Å². The normalized spacial score (nSPS) is 10.1. The van der Waals surface area contributed by atoms with Crippen LogP contribution in [0, 0.1) is 6.92 Å². The molecule has 0 N–H and O–H groups in total. The first kappa shape index (κ1) is 8.61. The zero-order valence-electron chi connectivity index (χ0n) is 7.76. The fourth-order valence-corrected chi connectivity index (χ4v) is 0.954. The number of ether oxygens (including phenoxy) is 1. The number of hydrogen-bond donors (Lipinski definition) is 0. The lowest BCUT2D eigenvalue weighted by Crippen LogP contribution is -1.93. The monoisotopic (exact) mass is 192 g/mol. The molecular weight excluding hydrogens is 184 g/mol. The van der Waals surface area contributed by atoms with Crippen LogP contribution in [0.5, 0.6) is 5.88 Å². The molecule has 6 nitrogen and oxygen atoms in total.